The van der Waals surface area contributed by atoms with E-state index < -0.39 is 17.6 Å². The first-order valence-electron chi connectivity index (χ1n) is 11.0. The lowest BCUT2D eigenvalue weighted by molar-refractivity contribution is -0.139. The summed E-state index contributed by atoms with van der Waals surface area (Å²) in [5.74, 6) is -0.287. The maximum atomic E-state index is 14.2. The highest BCUT2D eigenvalue weighted by Crippen LogP contribution is 2.35. The minimum Gasteiger partial charge on any atom is -0.369 e. The first kappa shape index (κ1) is 24.9. The molecule has 0 aliphatic rings. The van der Waals surface area contributed by atoms with Crippen molar-refractivity contribution in [3.63, 3.8) is 0 Å². The molecular formula is C26H23ClF4N4. The van der Waals surface area contributed by atoms with E-state index in [1.807, 2.05) is 26.2 Å². The maximum Gasteiger partial charge on any atom is 0.419 e. The Morgan fingerprint density at radius 3 is 2.34 bits per heavy atom. The van der Waals surface area contributed by atoms with E-state index in [-0.39, 0.29) is 0 Å². The number of alkyl halides is 3. The third kappa shape index (κ3) is 5.71. The van der Waals surface area contributed by atoms with Crippen molar-refractivity contribution in [3.05, 3.63) is 77.1 Å². The number of nitrogens with one attached hydrogen (secondary N) is 1. The fourth-order valence-electron chi connectivity index (χ4n) is 3.75. The zero-order chi connectivity index (χ0) is 25.2. The fourth-order valence-corrected chi connectivity index (χ4v) is 3.96. The van der Waals surface area contributed by atoms with Crippen molar-refractivity contribution in [2.24, 2.45) is 0 Å². The Hall–Kier alpha value is -3.23. The van der Waals surface area contributed by atoms with E-state index in [1.165, 1.54) is 6.07 Å². The van der Waals surface area contributed by atoms with Crippen LogP contribution in [0.1, 0.15) is 12.0 Å². The molecule has 0 saturated carbocycles. The molecule has 0 spiro atoms. The molecule has 182 valence electrons. The van der Waals surface area contributed by atoms with Crippen LogP contribution >= 0.6 is 11.6 Å². The fraction of sp³-hybridized carbons (Fsp3) is 0.231. The number of aromatic nitrogens is 2. The Bertz CT molecular complexity index is 1360. The lowest BCUT2D eigenvalue weighted by Crippen LogP contribution is -2.17. The van der Waals surface area contributed by atoms with Crippen molar-refractivity contribution >= 4 is 28.3 Å². The minimum absolute atomic E-state index is 0.318. The van der Waals surface area contributed by atoms with Crippen molar-refractivity contribution in [3.8, 4) is 22.5 Å². The van der Waals surface area contributed by atoms with E-state index in [2.05, 4.69) is 15.2 Å². The average molecular weight is 503 g/mol. The molecule has 0 radical (unpaired) electrons. The van der Waals surface area contributed by atoms with Crippen LogP contribution in [0.2, 0.25) is 5.02 Å². The monoisotopic (exact) mass is 502 g/mol. The molecule has 0 bridgehead atoms. The van der Waals surface area contributed by atoms with E-state index in [0.29, 0.717) is 45.4 Å². The summed E-state index contributed by atoms with van der Waals surface area (Å²) in [6, 6.07) is 15.3. The van der Waals surface area contributed by atoms with Gasteiger partial charge in [0.05, 0.1) is 16.1 Å². The van der Waals surface area contributed by atoms with Gasteiger partial charge in [0.15, 0.2) is 5.82 Å². The van der Waals surface area contributed by atoms with E-state index in [4.69, 9.17) is 16.6 Å². The third-order valence-corrected chi connectivity index (χ3v) is 5.79. The first-order valence-corrected chi connectivity index (χ1v) is 11.3. The van der Waals surface area contributed by atoms with Gasteiger partial charge in [-0.2, -0.15) is 13.2 Å². The third-order valence-electron chi connectivity index (χ3n) is 5.48. The molecule has 4 rings (SSSR count). The Labute approximate surface area is 205 Å². The Balaban J connectivity index is 1.72. The number of benzene rings is 3. The van der Waals surface area contributed by atoms with Gasteiger partial charge in [-0.3, -0.25) is 0 Å². The van der Waals surface area contributed by atoms with Crippen molar-refractivity contribution in [1.82, 2.24) is 14.9 Å². The number of para-hydroxylation sites is 1. The number of nitrogens with zero attached hydrogens (tertiary/aromatic N) is 3. The van der Waals surface area contributed by atoms with Gasteiger partial charge in [0.1, 0.15) is 11.6 Å². The van der Waals surface area contributed by atoms with Crippen LogP contribution in [0.4, 0.5) is 23.4 Å². The van der Waals surface area contributed by atoms with Crippen LogP contribution in [-0.2, 0) is 6.18 Å². The van der Waals surface area contributed by atoms with E-state index in [1.54, 1.807) is 30.3 Å². The normalized spacial score (nSPS) is 11.9. The Morgan fingerprint density at radius 1 is 0.914 bits per heavy atom. The molecule has 4 nitrogen and oxygen atoms in total. The molecule has 1 heterocycles. The molecule has 0 unspecified atom stereocenters. The number of hydrogen-bond donors (Lipinski definition) is 1. The van der Waals surface area contributed by atoms with Gasteiger partial charge in [-0.1, -0.05) is 41.9 Å². The lowest BCUT2D eigenvalue weighted by Gasteiger charge is -2.14. The summed E-state index contributed by atoms with van der Waals surface area (Å²) in [5, 5.41) is 4.62. The van der Waals surface area contributed by atoms with E-state index >= 15 is 0 Å². The quantitative estimate of drug-likeness (QED) is 0.215. The van der Waals surface area contributed by atoms with Crippen LogP contribution in [0.3, 0.4) is 0 Å². The summed E-state index contributed by atoms with van der Waals surface area (Å²) in [4.78, 5) is 11.5. The van der Waals surface area contributed by atoms with Gasteiger partial charge in [0.25, 0.3) is 0 Å². The Morgan fingerprint density at radius 2 is 1.63 bits per heavy atom. The van der Waals surface area contributed by atoms with Crippen LogP contribution in [0.15, 0.2) is 60.7 Å². The van der Waals surface area contributed by atoms with E-state index in [0.717, 1.165) is 30.5 Å². The second-order valence-corrected chi connectivity index (χ2v) is 8.80. The molecule has 0 amide bonds. The summed E-state index contributed by atoms with van der Waals surface area (Å²) in [6.45, 7) is 1.61. The SMILES string of the molecule is CN(C)CCCNc1nc(-c2cccc(-c3ccc(C(F)(F)F)c(F)c3)c2)nc2c(Cl)cccc12. The van der Waals surface area contributed by atoms with Gasteiger partial charge >= 0.3 is 6.18 Å². The molecule has 3 aromatic carbocycles. The molecule has 1 N–H and O–H groups in total. The summed E-state index contributed by atoms with van der Waals surface area (Å²) >= 11 is 6.43. The standard InChI is InChI=1S/C26H23ClF4N4/c1-35(2)13-5-12-32-25-19-8-4-9-21(27)23(19)33-24(34-25)18-7-3-6-16(14-18)17-10-11-20(22(28)15-17)26(29,30)31/h3-4,6-11,14-15H,5,12-13H2,1-2H3,(H,32,33,34). The van der Waals surface area contributed by atoms with Gasteiger partial charge in [0.2, 0.25) is 0 Å². The van der Waals surface area contributed by atoms with Crippen LogP contribution in [-0.4, -0.2) is 42.1 Å². The molecule has 1 aromatic heterocycles. The van der Waals surface area contributed by atoms with Crippen molar-refractivity contribution in [2.75, 3.05) is 32.5 Å². The van der Waals surface area contributed by atoms with Gasteiger partial charge in [-0.25, -0.2) is 14.4 Å². The topological polar surface area (TPSA) is 41.0 Å². The van der Waals surface area contributed by atoms with E-state index in [9.17, 15) is 17.6 Å². The smallest absolute Gasteiger partial charge is 0.369 e. The summed E-state index contributed by atoms with van der Waals surface area (Å²) in [7, 11) is 4.01. The lowest BCUT2D eigenvalue weighted by atomic mass is 10.0. The maximum absolute atomic E-state index is 14.2. The molecule has 0 fully saturated rings. The molecule has 4 aromatic rings. The number of rotatable bonds is 7. The van der Waals surface area contributed by atoms with Gasteiger partial charge in [0, 0.05) is 17.5 Å². The number of fused-ring (bicyclic) bond motifs is 1. The predicted octanol–water partition coefficient (Wildman–Crippen LogP) is 7.14. The Kier molecular flexibility index (Phi) is 7.23. The van der Waals surface area contributed by atoms with Crippen LogP contribution in [0.25, 0.3) is 33.4 Å². The predicted molar refractivity (Wildman–Crippen MR) is 132 cm³/mol. The molecular weight excluding hydrogens is 480 g/mol. The highest BCUT2D eigenvalue weighted by molar-refractivity contribution is 6.35. The molecule has 0 aliphatic carbocycles. The molecule has 35 heavy (non-hydrogen) atoms. The molecule has 9 heteroatoms. The van der Waals surface area contributed by atoms with Gasteiger partial charge in [-0.15, -0.1) is 0 Å². The molecule has 0 aliphatic heterocycles. The largest absolute Gasteiger partial charge is 0.419 e. The number of hydrogen-bond acceptors (Lipinski definition) is 4. The number of halogens is 5. The summed E-state index contributed by atoms with van der Waals surface area (Å²) in [5.41, 5.74) is 0.771. The van der Waals surface area contributed by atoms with Gasteiger partial charge < -0.3 is 10.2 Å². The molecule has 0 atom stereocenters. The number of anilines is 1. The zero-order valence-corrected chi connectivity index (χ0v) is 19.9. The van der Waals surface area contributed by atoms with Crippen molar-refractivity contribution < 1.29 is 17.6 Å². The van der Waals surface area contributed by atoms with Crippen LogP contribution in [0.5, 0.6) is 0 Å². The minimum atomic E-state index is -4.75. The average Bonchev–Trinajstić information content (AvgIpc) is 2.81. The first-order chi connectivity index (χ1) is 16.6. The van der Waals surface area contributed by atoms with Crippen molar-refractivity contribution in [2.45, 2.75) is 12.6 Å². The second kappa shape index (κ2) is 10.2. The molecule has 0 saturated heterocycles. The highest BCUT2D eigenvalue weighted by atomic mass is 35.5. The summed E-state index contributed by atoms with van der Waals surface area (Å²) < 4.78 is 53.0. The second-order valence-electron chi connectivity index (χ2n) is 8.39. The zero-order valence-electron chi connectivity index (χ0n) is 19.1. The van der Waals surface area contributed by atoms with Crippen LogP contribution in [0, 0.1) is 5.82 Å². The van der Waals surface area contributed by atoms with Crippen LogP contribution < -0.4 is 5.32 Å². The highest BCUT2D eigenvalue weighted by Gasteiger charge is 2.34. The summed E-state index contributed by atoms with van der Waals surface area (Å²) in [6.07, 6.45) is -3.85. The van der Waals surface area contributed by atoms with Gasteiger partial charge in [-0.05, 0) is 68.5 Å². The van der Waals surface area contributed by atoms with Crippen molar-refractivity contribution in [1.29, 1.82) is 0 Å².